The maximum Gasteiger partial charge on any atom is 0.265 e. The lowest BCUT2D eigenvalue weighted by Gasteiger charge is -2.27. The zero-order valence-corrected chi connectivity index (χ0v) is 10.4. The Morgan fingerprint density at radius 2 is 1.95 bits per heavy atom. The first-order valence-electron chi connectivity index (χ1n) is 6.53. The molecule has 2 aliphatic rings. The smallest absolute Gasteiger partial charge is 0.265 e. The predicted octanol–water partition coefficient (Wildman–Crippen LogP) is 0.366. The minimum atomic E-state index is -1.44. The molecule has 2 aliphatic heterocycles. The van der Waals surface area contributed by atoms with Gasteiger partial charge in [-0.1, -0.05) is 0 Å². The van der Waals surface area contributed by atoms with Crippen molar-refractivity contribution in [3.63, 3.8) is 0 Å². The minimum absolute atomic E-state index is 0.0790. The van der Waals surface area contributed by atoms with E-state index in [-0.39, 0.29) is 12.8 Å². The molecule has 0 radical (unpaired) electrons. The van der Waals surface area contributed by atoms with E-state index in [4.69, 9.17) is 1.37 Å². The average Bonchev–Trinajstić information content (AvgIpc) is 2.69. The lowest BCUT2D eigenvalue weighted by atomic mass is 10.0. The SMILES string of the molecule is [2H]c1c(F)cc2c(c1F)C(=O)N(C1CCC(=O)NC1=O)C2=O. The number of imide groups is 2. The van der Waals surface area contributed by atoms with Gasteiger partial charge in [-0.15, -0.1) is 0 Å². The van der Waals surface area contributed by atoms with Crippen LogP contribution in [0.1, 0.15) is 34.9 Å². The number of nitrogens with zero attached hydrogens (tertiary/aromatic N) is 1. The molecule has 1 aromatic rings. The third-order valence-electron chi connectivity index (χ3n) is 3.39. The van der Waals surface area contributed by atoms with Crippen molar-refractivity contribution in [2.24, 2.45) is 0 Å². The average molecular weight is 295 g/mol. The normalized spacial score (nSPS) is 22.3. The molecule has 1 aromatic carbocycles. The molecule has 108 valence electrons. The molecule has 2 heterocycles. The Morgan fingerprint density at radius 3 is 2.62 bits per heavy atom. The number of piperidine rings is 1. The maximum absolute atomic E-state index is 13.9. The molecule has 1 fully saturated rings. The predicted molar refractivity (Wildman–Crippen MR) is 63.0 cm³/mol. The fourth-order valence-electron chi connectivity index (χ4n) is 2.45. The Labute approximate surface area is 118 Å². The fraction of sp³-hybridized carbons (Fsp3) is 0.231. The van der Waals surface area contributed by atoms with Gasteiger partial charge < -0.3 is 0 Å². The molecule has 0 spiro atoms. The Bertz CT molecular complexity index is 765. The van der Waals surface area contributed by atoms with Crippen molar-refractivity contribution >= 4 is 23.6 Å². The third-order valence-corrected chi connectivity index (χ3v) is 3.39. The van der Waals surface area contributed by atoms with Crippen LogP contribution >= 0.6 is 0 Å². The number of halogens is 2. The van der Waals surface area contributed by atoms with Crippen LogP contribution in [0.2, 0.25) is 0 Å². The van der Waals surface area contributed by atoms with Gasteiger partial charge in [-0.25, -0.2) is 8.78 Å². The van der Waals surface area contributed by atoms with E-state index in [0.29, 0.717) is 11.0 Å². The van der Waals surface area contributed by atoms with Crippen LogP contribution in [-0.2, 0) is 9.59 Å². The second-order valence-corrected chi connectivity index (χ2v) is 4.67. The van der Waals surface area contributed by atoms with Crippen LogP contribution < -0.4 is 5.32 Å². The number of rotatable bonds is 1. The van der Waals surface area contributed by atoms with Crippen molar-refractivity contribution in [1.29, 1.82) is 0 Å². The van der Waals surface area contributed by atoms with Crippen LogP contribution in [0.25, 0.3) is 0 Å². The van der Waals surface area contributed by atoms with E-state index in [1.165, 1.54) is 0 Å². The first-order valence-corrected chi connectivity index (χ1v) is 6.03. The van der Waals surface area contributed by atoms with Gasteiger partial charge in [-0.3, -0.25) is 29.4 Å². The summed E-state index contributed by atoms with van der Waals surface area (Å²) in [4.78, 5) is 47.8. The van der Waals surface area contributed by atoms with E-state index in [0.717, 1.165) is 0 Å². The third kappa shape index (κ3) is 1.91. The molecule has 4 amide bonds. The van der Waals surface area contributed by atoms with Crippen molar-refractivity contribution in [2.75, 3.05) is 0 Å². The fourth-order valence-corrected chi connectivity index (χ4v) is 2.45. The quantitative estimate of drug-likeness (QED) is 0.759. The summed E-state index contributed by atoms with van der Waals surface area (Å²) in [6.45, 7) is 0. The van der Waals surface area contributed by atoms with Gasteiger partial charge in [0.25, 0.3) is 11.8 Å². The molecule has 8 heteroatoms. The molecule has 0 aromatic heterocycles. The zero-order chi connectivity index (χ0) is 16.2. The van der Waals surface area contributed by atoms with Gasteiger partial charge in [0.1, 0.15) is 17.7 Å². The molecule has 1 saturated heterocycles. The van der Waals surface area contributed by atoms with Gasteiger partial charge in [0.05, 0.1) is 12.5 Å². The molecule has 21 heavy (non-hydrogen) atoms. The second-order valence-electron chi connectivity index (χ2n) is 4.67. The molecule has 0 saturated carbocycles. The van der Waals surface area contributed by atoms with E-state index in [1.807, 2.05) is 5.32 Å². The Morgan fingerprint density at radius 1 is 1.24 bits per heavy atom. The summed E-state index contributed by atoms with van der Waals surface area (Å²) in [7, 11) is 0. The van der Waals surface area contributed by atoms with Gasteiger partial charge >= 0.3 is 0 Å². The van der Waals surface area contributed by atoms with E-state index in [9.17, 15) is 28.0 Å². The highest BCUT2D eigenvalue weighted by molar-refractivity contribution is 6.23. The van der Waals surface area contributed by atoms with E-state index in [1.54, 1.807) is 0 Å². The number of fused-ring (bicyclic) bond motifs is 1. The van der Waals surface area contributed by atoms with E-state index >= 15 is 0 Å². The summed E-state index contributed by atoms with van der Waals surface area (Å²) < 4.78 is 34.5. The van der Waals surface area contributed by atoms with Crippen LogP contribution in [0, 0.1) is 11.6 Å². The van der Waals surface area contributed by atoms with Crippen LogP contribution in [0.4, 0.5) is 8.78 Å². The molecular formula is C13H8F2N2O4. The first-order chi connectivity index (χ1) is 10.3. The first kappa shape index (κ1) is 12.1. The summed E-state index contributed by atoms with van der Waals surface area (Å²) in [5, 5.41) is 1.98. The summed E-state index contributed by atoms with van der Waals surface area (Å²) in [5.41, 5.74) is -1.25. The molecule has 1 atom stereocenters. The number of carbonyl (C=O) groups excluding carboxylic acids is 4. The topological polar surface area (TPSA) is 83.6 Å². The number of hydrogen-bond donors (Lipinski definition) is 1. The van der Waals surface area contributed by atoms with Crippen molar-refractivity contribution in [3.05, 3.63) is 34.9 Å². The van der Waals surface area contributed by atoms with Gasteiger partial charge in [-0.05, 0) is 12.5 Å². The lowest BCUT2D eigenvalue weighted by molar-refractivity contribution is -0.136. The zero-order valence-electron chi connectivity index (χ0n) is 11.4. The standard InChI is InChI=1S/C13H8F2N2O4/c14-5-3-6-10(7(15)4-5)13(21)17(12(6)20)8-1-2-9(18)16-11(8)19/h3-4,8H,1-2H2,(H,16,18,19)/i4D. The number of amides is 4. The molecule has 1 N–H and O–H groups in total. The summed E-state index contributed by atoms with van der Waals surface area (Å²) in [6.07, 6.45) is -0.168. The monoisotopic (exact) mass is 295 g/mol. The number of carbonyl (C=O) groups is 4. The van der Waals surface area contributed by atoms with Crippen LogP contribution in [0.3, 0.4) is 0 Å². The number of nitrogens with one attached hydrogen (secondary N) is 1. The molecule has 1 unspecified atom stereocenters. The Kier molecular flexibility index (Phi) is 2.56. The van der Waals surface area contributed by atoms with Crippen LogP contribution in [0.5, 0.6) is 0 Å². The van der Waals surface area contributed by atoms with Crippen molar-refractivity contribution in [1.82, 2.24) is 10.2 Å². The lowest BCUT2D eigenvalue weighted by Crippen LogP contribution is -2.54. The molecule has 6 nitrogen and oxygen atoms in total. The number of hydrogen-bond acceptors (Lipinski definition) is 4. The Hall–Kier alpha value is -2.64. The number of benzene rings is 1. The molecular weight excluding hydrogens is 286 g/mol. The summed E-state index contributed by atoms with van der Waals surface area (Å²) in [5.74, 6) is -6.24. The van der Waals surface area contributed by atoms with Gasteiger partial charge in [0.2, 0.25) is 11.8 Å². The van der Waals surface area contributed by atoms with E-state index in [2.05, 4.69) is 0 Å². The summed E-state index contributed by atoms with van der Waals surface area (Å²) >= 11 is 0. The maximum atomic E-state index is 13.9. The Balaban J connectivity index is 2.06. The summed E-state index contributed by atoms with van der Waals surface area (Å²) in [6, 6.07) is -1.78. The largest absolute Gasteiger partial charge is 0.295 e. The highest BCUT2D eigenvalue weighted by Crippen LogP contribution is 2.29. The van der Waals surface area contributed by atoms with Crippen molar-refractivity contribution in [3.8, 4) is 0 Å². The van der Waals surface area contributed by atoms with Crippen molar-refractivity contribution < 1.29 is 29.3 Å². The molecule has 0 bridgehead atoms. The second kappa shape index (κ2) is 4.44. The highest BCUT2D eigenvalue weighted by Gasteiger charge is 2.46. The van der Waals surface area contributed by atoms with Crippen molar-refractivity contribution in [2.45, 2.75) is 18.9 Å². The highest BCUT2D eigenvalue weighted by atomic mass is 19.1. The van der Waals surface area contributed by atoms with Crippen LogP contribution in [0.15, 0.2) is 12.1 Å². The van der Waals surface area contributed by atoms with Crippen LogP contribution in [-0.4, -0.2) is 34.6 Å². The minimum Gasteiger partial charge on any atom is -0.295 e. The van der Waals surface area contributed by atoms with Gasteiger partial charge in [-0.2, -0.15) is 0 Å². The molecule has 3 rings (SSSR count). The molecule has 0 aliphatic carbocycles. The van der Waals surface area contributed by atoms with E-state index < -0.39 is 58.5 Å². The van der Waals surface area contributed by atoms with Gasteiger partial charge in [0, 0.05) is 12.5 Å². The van der Waals surface area contributed by atoms with Gasteiger partial charge in [0.15, 0.2) is 0 Å².